The predicted octanol–water partition coefficient (Wildman–Crippen LogP) is 0.831. The molecule has 5 heteroatoms. The summed E-state index contributed by atoms with van der Waals surface area (Å²) in [6.45, 7) is 2.77. The molecule has 5 nitrogen and oxygen atoms in total. The molecule has 2 aromatic rings. The molecule has 18 heavy (non-hydrogen) atoms. The van der Waals surface area contributed by atoms with Crippen molar-refractivity contribution in [2.24, 2.45) is 7.05 Å². The number of hydrogen-bond donors (Lipinski definition) is 2. The van der Waals surface area contributed by atoms with Crippen molar-refractivity contribution in [3.8, 4) is 0 Å². The summed E-state index contributed by atoms with van der Waals surface area (Å²) in [4.78, 5) is 11.4. The lowest BCUT2D eigenvalue weighted by Gasteiger charge is -2.04. The number of aromatic nitrogens is 1. The maximum atomic E-state index is 11.4. The van der Waals surface area contributed by atoms with Gasteiger partial charge in [0, 0.05) is 13.6 Å². The van der Waals surface area contributed by atoms with E-state index in [-0.39, 0.29) is 5.76 Å². The standard InChI is InChI=1S/C13H19N3O2/c1-14-6-3-7-15-9-10-4-5-11-12(8-10)18-13(17)16(11)2/h4-5,8,14-15H,3,6-7,9H2,1-2H3. The average molecular weight is 249 g/mol. The van der Waals surface area contributed by atoms with Crippen LogP contribution in [0.15, 0.2) is 27.4 Å². The normalized spacial score (nSPS) is 11.2. The van der Waals surface area contributed by atoms with Gasteiger partial charge in [0.2, 0.25) is 0 Å². The van der Waals surface area contributed by atoms with E-state index in [1.807, 2.05) is 25.2 Å². The molecule has 0 atom stereocenters. The summed E-state index contributed by atoms with van der Waals surface area (Å²) in [5.41, 5.74) is 2.61. The lowest BCUT2D eigenvalue weighted by atomic mass is 10.2. The molecule has 0 radical (unpaired) electrons. The van der Waals surface area contributed by atoms with Crippen molar-refractivity contribution in [1.29, 1.82) is 0 Å². The first kappa shape index (κ1) is 12.9. The molecule has 0 saturated carbocycles. The molecule has 1 aromatic heterocycles. The molecule has 0 amide bonds. The van der Waals surface area contributed by atoms with E-state index in [9.17, 15) is 4.79 Å². The number of oxazole rings is 1. The van der Waals surface area contributed by atoms with Gasteiger partial charge in [-0.05, 0) is 44.3 Å². The molecule has 98 valence electrons. The van der Waals surface area contributed by atoms with Gasteiger partial charge in [0.25, 0.3) is 0 Å². The summed E-state index contributed by atoms with van der Waals surface area (Å²) in [6, 6.07) is 5.86. The van der Waals surface area contributed by atoms with E-state index >= 15 is 0 Å². The molecular weight excluding hydrogens is 230 g/mol. The Bertz CT molecular complexity index is 571. The predicted molar refractivity (Wildman–Crippen MR) is 71.7 cm³/mol. The van der Waals surface area contributed by atoms with Crippen molar-refractivity contribution < 1.29 is 4.42 Å². The van der Waals surface area contributed by atoms with E-state index in [0.29, 0.717) is 5.58 Å². The van der Waals surface area contributed by atoms with Crippen LogP contribution in [0, 0.1) is 0 Å². The van der Waals surface area contributed by atoms with Gasteiger partial charge >= 0.3 is 5.76 Å². The molecule has 0 saturated heterocycles. The van der Waals surface area contributed by atoms with Gasteiger partial charge in [0.1, 0.15) is 0 Å². The summed E-state index contributed by atoms with van der Waals surface area (Å²) >= 11 is 0. The van der Waals surface area contributed by atoms with Crippen LogP contribution in [-0.4, -0.2) is 24.7 Å². The molecule has 1 aromatic carbocycles. The van der Waals surface area contributed by atoms with Crippen LogP contribution in [0.3, 0.4) is 0 Å². The van der Waals surface area contributed by atoms with E-state index in [1.54, 1.807) is 7.05 Å². The minimum Gasteiger partial charge on any atom is -0.408 e. The molecule has 0 aliphatic carbocycles. The Morgan fingerprint density at radius 1 is 1.33 bits per heavy atom. The minimum absolute atomic E-state index is 0.316. The lowest BCUT2D eigenvalue weighted by Crippen LogP contribution is -2.19. The first-order valence-corrected chi connectivity index (χ1v) is 6.16. The van der Waals surface area contributed by atoms with Crippen molar-refractivity contribution in [3.05, 3.63) is 34.3 Å². The molecule has 0 aliphatic rings. The van der Waals surface area contributed by atoms with Gasteiger partial charge in [0.15, 0.2) is 5.58 Å². The zero-order valence-corrected chi connectivity index (χ0v) is 10.8. The number of benzene rings is 1. The van der Waals surface area contributed by atoms with Crippen LogP contribution in [0.5, 0.6) is 0 Å². The zero-order valence-electron chi connectivity index (χ0n) is 10.8. The van der Waals surface area contributed by atoms with Gasteiger partial charge < -0.3 is 15.1 Å². The molecule has 2 N–H and O–H groups in total. The summed E-state index contributed by atoms with van der Waals surface area (Å²) in [7, 11) is 3.66. The number of hydrogen-bond acceptors (Lipinski definition) is 4. The molecule has 0 bridgehead atoms. The first-order chi connectivity index (χ1) is 8.72. The van der Waals surface area contributed by atoms with Gasteiger partial charge in [-0.2, -0.15) is 0 Å². The topological polar surface area (TPSA) is 59.2 Å². The molecule has 0 spiro atoms. The maximum Gasteiger partial charge on any atom is 0.419 e. The molecule has 1 heterocycles. The summed E-state index contributed by atoms with van der Waals surface area (Å²) in [5, 5.41) is 6.46. The summed E-state index contributed by atoms with van der Waals surface area (Å²) in [5.74, 6) is -0.316. The average Bonchev–Trinajstić information content (AvgIpc) is 2.65. The van der Waals surface area contributed by atoms with E-state index < -0.39 is 0 Å². The Labute approximate surface area is 106 Å². The third kappa shape index (κ3) is 2.80. The largest absolute Gasteiger partial charge is 0.419 e. The minimum atomic E-state index is -0.316. The second-order valence-electron chi connectivity index (χ2n) is 4.36. The Balaban J connectivity index is 2.00. The van der Waals surface area contributed by atoms with Crippen LogP contribution >= 0.6 is 0 Å². The van der Waals surface area contributed by atoms with Crippen LogP contribution in [0.2, 0.25) is 0 Å². The Kier molecular flexibility index (Phi) is 4.17. The number of nitrogens with one attached hydrogen (secondary N) is 2. The second-order valence-corrected chi connectivity index (χ2v) is 4.36. The fourth-order valence-electron chi connectivity index (χ4n) is 1.91. The Morgan fingerprint density at radius 3 is 2.94 bits per heavy atom. The van der Waals surface area contributed by atoms with Crippen LogP contribution < -0.4 is 16.4 Å². The highest BCUT2D eigenvalue weighted by molar-refractivity contribution is 5.73. The molecule has 0 aliphatic heterocycles. The van der Waals surface area contributed by atoms with Crippen molar-refractivity contribution in [3.63, 3.8) is 0 Å². The highest BCUT2D eigenvalue weighted by Crippen LogP contribution is 2.13. The van der Waals surface area contributed by atoms with Crippen molar-refractivity contribution in [2.45, 2.75) is 13.0 Å². The van der Waals surface area contributed by atoms with Crippen LogP contribution in [0.1, 0.15) is 12.0 Å². The van der Waals surface area contributed by atoms with E-state index in [0.717, 1.165) is 37.1 Å². The van der Waals surface area contributed by atoms with Gasteiger partial charge in [0.05, 0.1) is 5.52 Å². The fourth-order valence-corrected chi connectivity index (χ4v) is 1.91. The van der Waals surface area contributed by atoms with Gasteiger partial charge in [-0.3, -0.25) is 4.57 Å². The lowest BCUT2D eigenvalue weighted by molar-refractivity contribution is 0.527. The first-order valence-electron chi connectivity index (χ1n) is 6.16. The molecule has 0 fully saturated rings. The smallest absolute Gasteiger partial charge is 0.408 e. The number of rotatable bonds is 6. The van der Waals surface area contributed by atoms with Crippen LogP contribution in [-0.2, 0) is 13.6 Å². The van der Waals surface area contributed by atoms with Crippen molar-refractivity contribution in [1.82, 2.24) is 15.2 Å². The SMILES string of the molecule is CNCCCNCc1ccc2c(c1)oc(=O)n2C. The monoisotopic (exact) mass is 249 g/mol. The Hall–Kier alpha value is -1.59. The second kappa shape index (κ2) is 5.84. The van der Waals surface area contributed by atoms with Crippen molar-refractivity contribution >= 4 is 11.1 Å². The van der Waals surface area contributed by atoms with E-state index in [2.05, 4.69) is 10.6 Å². The highest BCUT2D eigenvalue weighted by atomic mass is 16.4. The number of fused-ring (bicyclic) bond motifs is 1. The summed E-state index contributed by atoms with van der Waals surface area (Å²) in [6.07, 6.45) is 1.10. The van der Waals surface area contributed by atoms with Crippen molar-refractivity contribution in [2.75, 3.05) is 20.1 Å². The van der Waals surface area contributed by atoms with E-state index in [1.165, 1.54) is 4.57 Å². The van der Waals surface area contributed by atoms with Crippen LogP contribution in [0.4, 0.5) is 0 Å². The van der Waals surface area contributed by atoms with E-state index in [4.69, 9.17) is 4.42 Å². The Morgan fingerprint density at radius 2 is 2.17 bits per heavy atom. The summed E-state index contributed by atoms with van der Waals surface area (Å²) < 4.78 is 6.67. The molecule has 0 unspecified atom stereocenters. The molecular formula is C13H19N3O2. The maximum absolute atomic E-state index is 11.4. The van der Waals surface area contributed by atoms with Gasteiger partial charge in [-0.25, -0.2) is 4.79 Å². The zero-order chi connectivity index (χ0) is 13.0. The number of nitrogens with zero attached hydrogens (tertiary/aromatic N) is 1. The fraction of sp³-hybridized carbons (Fsp3) is 0.462. The quantitative estimate of drug-likeness (QED) is 0.745. The van der Waals surface area contributed by atoms with Gasteiger partial charge in [-0.1, -0.05) is 6.07 Å². The van der Waals surface area contributed by atoms with Gasteiger partial charge in [-0.15, -0.1) is 0 Å². The number of aryl methyl sites for hydroxylation is 1. The van der Waals surface area contributed by atoms with Crippen LogP contribution in [0.25, 0.3) is 11.1 Å². The third-order valence-electron chi connectivity index (χ3n) is 2.97. The highest BCUT2D eigenvalue weighted by Gasteiger charge is 2.05. The molecule has 2 rings (SSSR count). The third-order valence-corrected chi connectivity index (χ3v) is 2.97.